The lowest BCUT2D eigenvalue weighted by Gasteiger charge is -2.31. The molecule has 0 aromatic heterocycles. The molecule has 4 rings (SSSR count). The highest BCUT2D eigenvalue weighted by Crippen LogP contribution is 2.40. The minimum atomic E-state index is -0.298. The maximum Gasteiger partial charge on any atom is 0.257 e. The number of hydrogen-bond donors (Lipinski definition) is 1. The molecule has 2 amide bonds. The molecule has 0 aliphatic carbocycles. The van der Waals surface area contributed by atoms with E-state index < -0.39 is 0 Å². The number of hydrogen-bond acceptors (Lipinski definition) is 6. The SMILES string of the molecule is CCOc1cc(N2CCOCC2)c(OCC)cc1NC(=O)c1ccccc1N1CCCC1=O. The van der Waals surface area contributed by atoms with E-state index in [1.165, 1.54) is 0 Å². The highest BCUT2D eigenvalue weighted by molar-refractivity contribution is 6.11. The molecule has 8 nitrogen and oxygen atoms in total. The fraction of sp³-hybridized carbons (Fsp3) is 0.440. The monoisotopic (exact) mass is 453 g/mol. The van der Waals surface area contributed by atoms with Crippen LogP contribution in [0.25, 0.3) is 0 Å². The predicted octanol–water partition coefficient (Wildman–Crippen LogP) is 3.70. The number of anilines is 3. The lowest BCUT2D eigenvalue weighted by atomic mass is 10.1. The van der Waals surface area contributed by atoms with Crippen LogP contribution in [0.2, 0.25) is 0 Å². The molecule has 8 heteroatoms. The second kappa shape index (κ2) is 10.6. The smallest absolute Gasteiger partial charge is 0.257 e. The molecule has 2 fully saturated rings. The molecule has 2 aliphatic rings. The minimum absolute atomic E-state index is 0.0405. The number of amides is 2. The van der Waals surface area contributed by atoms with Gasteiger partial charge in [0, 0.05) is 38.2 Å². The molecule has 2 aromatic rings. The maximum atomic E-state index is 13.3. The van der Waals surface area contributed by atoms with Crippen LogP contribution in [0.4, 0.5) is 17.1 Å². The number of carbonyl (C=O) groups is 2. The van der Waals surface area contributed by atoms with Crippen LogP contribution in [0.1, 0.15) is 37.0 Å². The first-order valence-electron chi connectivity index (χ1n) is 11.6. The summed E-state index contributed by atoms with van der Waals surface area (Å²) in [4.78, 5) is 29.5. The average Bonchev–Trinajstić information content (AvgIpc) is 3.27. The van der Waals surface area contributed by atoms with Crippen LogP contribution in [0.3, 0.4) is 0 Å². The van der Waals surface area contributed by atoms with Crippen LogP contribution in [-0.4, -0.2) is 57.9 Å². The number of rotatable bonds is 8. The molecule has 2 saturated heterocycles. The molecule has 0 spiro atoms. The molecule has 0 unspecified atom stereocenters. The average molecular weight is 454 g/mol. The Kier molecular flexibility index (Phi) is 7.34. The topological polar surface area (TPSA) is 80.3 Å². The Morgan fingerprint density at radius 3 is 2.42 bits per heavy atom. The second-order valence-electron chi connectivity index (χ2n) is 7.90. The Hall–Kier alpha value is -3.26. The molecule has 2 aliphatic heterocycles. The van der Waals surface area contributed by atoms with Gasteiger partial charge in [-0.1, -0.05) is 12.1 Å². The fourth-order valence-corrected chi connectivity index (χ4v) is 4.24. The molecule has 0 saturated carbocycles. The molecule has 0 radical (unpaired) electrons. The molecule has 176 valence electrons. The summed E-state index contributed by atoms with van der Waals surface area (Å²) in [5.74, 6) is 0.998. The van der Waals surface area contributed by atoms with Crippen molar-refractivity contribution in [3.8, 4) is 11.5 Å². The fourth-order valence-electron chi connectivity index (χ4n) is 4.24. The first kappa shape index (κ1) is 22.9. The Balaban J connectivity index is 1.66. The van der Waals surface area contributed by atoms with Gasteiger partial charge in [0.25, 0.3) is 5.91 Å². The van der Waals surface area contributed by atoms with E-state index in [9.17, 15) is 9.59 Å². The van der Waals surface area contributed by atoms with Gasteiger partial charge in [0.2, 0.25) is 5.91 Å². The Bertz CT molecular complexity index is 1000. The van der Waals surface area contributed by atoms with Crippen LogP contribution < -0.4 is 24.6 Å². The van der Waals surface area contributed by atoms with Crippen molar-refractivity contribution in [3.05, 3.63) is 42.0 Å². The number of para-hydroxylation sites is 1. The summed E-state index contributed by atoms with van der Waals surface area (Å²) in [6.45, 7) is 8.24. The molecule has 1 N–H and O–H groups in total. The van der Waals surface area contributed by atoms with E-state index >= 15 is 0 Å². The second-order valence-corrected chi connectivity index (χ2v) is 7.90. The molecule has 0 atom stereocenters. The highest BCUT2D eigenvalue weighted by Gasteiger charge is 2.26. The molecular weight excluding hydrogens is 422 g/mol. The van der Waals surface area contributed by atoms with Crippen LogP contribution in [0.5, 0.6) is 11.5 Å². The van der Waals surface area contributed by atoms with Gasteiger partial charge in [-0.05, 0) is 32.4 Å². The van der Waals surface area contributed by atoms with Gasteiger partial charge in [-0.2, -0.15) is 0 Å². The van der Waals surface area contributed by atoms with E-state index in [1.54, 1.807) is 17.0 Å². The van der Waals surface area contributed by atoms with E-state index in [2.05, 4.69) is 10.2 Å². The first-order chi connectivity index (χ1) is 16.1. The predicted molar refractivity (Wildman–Crippen MR) is 128 cm³/mol. The summed E-state index contributed by atoms with van der Waals surface area (Å²) in [6.07, 6.45) is 1.30. The van der Waals surface area contributed by atoms with Crippen LogP contribution in [-0.2, 0) is 9.53 Å². The number of nitrogens with zero attached hydrogens (tertiary/aromatic N) is 2. The zero-order valence-electron chi connectivity index (χ0n) is 19.3. The Morgan fingerprint density at radius 2 is 1.73 bits per heavy atom. The minimum Gasteiger partial charge on any atom is -0.492 e. The van der Waals surface area contributed by atoms with Gasteiger partial charge in [-0.25, -0.2) is 0 Å². The summed E-state index contributed by atoms with van der Waals surface area (Å²) in [7, 11) is 0. The van der Waals surface area contributed by atoms with Crippen molar-refractivity contribution >= 4 is 28.9 Å². The third-order valence-corrected chi connectivity index (χ3v) is 5.77. The van der Waals surface area contributed by atoms with Gasteiger partial charge in [0.05, 0.1) is 49.1 Å². The van der Waals surface area contributed by atoms with Crippen molar-refractivity contribution in [1.82, 2.24) is 0 Å². The normalized spacial score (nSPS) is 16.1. The van der Waals surface area contributed by atoms with Crippen molar-refractivity contribution in [2.45, 2.75) is 26.7 Å². The number of benzene rings is 2. The highest BCUT2D eigenvalue weighted by atomic mass is 16.5. The quantitative estimate of drug-likeness (QED) is 0.657. The number of morpholine rings is 1. The van der Waals surface area contributed by atoms with Gasteiger partial charge in [-0.3, -0.25) is 9.59 Å². The third kappa shape index (κ3) is 5.06. The van der Waals surface area contributed by atoms with Gasteiger partial charge >= 0.3 is 0 Å². The van der Waals surface area contributed by atoms with Crippen LogP contribution in [0, 0.1) is 0 Å². The molecule has 0 bridgehead atoms. The first-order valence-corrected chi connectivity index (χ1v) is 11.6. The summed E-state index contributed by atoms with van der Waals surface area (Å²) < 4.78 is 17.3. The maximum absolute atomic E-state index is 13.3. The molecule has 33 heavy (non-hydrogen) atoms. The van der Waals surface area contributed by atoms with E-state index in [0.717, 1.165) is 25.2 Å². The standard InChI is InChI=1S/C25H31N3O5/c1-3-32-22-17-21(27-12-14-31-15-13-27)23(33-4-2)16-19(22)26-25(30)18-8-5-6-9-20(18)28-11-7-10-24(28)29/h5-6,8-9,16-17H,3-4,7,10-15H2,1-2H3,(H,26,30). The van der Waals surface area contributed by atoms with Crippen molar-refractivity contribution in [1.29, 1.82) is 0 Å². The van der Waals surface area contributed by atoms with E-state index in [4.69, 9.17) is 14.2 Å². The lowest BCUT2D eigenvalue weighted by molar-refractivity contribution is -0.117. The lowest BCUT2D eigenvalue weighted by Crippen LogP contribution is -2.36. The van der Waals surface area contributed by atoms with Crippen molar-refractivity contribution in [2.75, 3.05) is 61.2 Å². The zero-order chi connectivity index (χ0) is 23.2. The molecular formula is C25H31N3O5. The van der Waals surface area contributed by atoms with Crippen molar-refractivity contribution < 1.29 is 23.8 Å². The summed E-state index contributed by atoms with van der Waals surface area (Å²) >= 11 is 0. The third-order valence-electron chi connectivity index (χ3n) is 5.77. The van der Waals surface area contributed by atoms with Gasteiger partial charge in [0.15, 0.2) is 0 Å². The summed E-state index contributed by atoms with van der Waals surface area (Å²) in [6, 6.07) is 10.9. The van der Waals surface area contributed by atoms with Crippen LogP contribution >= 0.6 is 0 Å². The van der Waals surface area contributed by atoms with E-state index in [-0.39, 0.29) is 11.8 Å². The van der Waals surface area contributed by atoms with Gasteiger partial charge in [0.1, 0.15) is 11.5 Å². The Labute approximate surface area is 194 Å². The Morgan fingerprint density at radius 1 is 1.00 bits per heavy atom. The number of carbonyl (C=O) groups excluding carboxylic acids is 2. The van der Waals surface area contributed by atoms with Crippen LogP contribution in [0.15, 0.2) is 36.4 Å². The van der Waals surface area contributed by atoms with Gasteiger partial charge in [-0.15, -0.1) is 0 Å². The van der Waals surface area contributed by atoms with Crippen molar-refractivity contribution in [2.24, 2.45) is 0 Å². The van der Waals surface area contributed by atoms with Crippen molar-refractivity contribution in [3.63, 3.8) is 0 Å². The van der Waals surface area contributed by atoms with E-state index in [0.29, 0.717) is 67.8 Å². The number of ether oxygens (including phenoxy) is 3. The summed E-state index contributed by atoms with van der Waals surface area (Å²) in [5, 5.41) is 2.99. The van der Waals surface area contributed by atoms with Gasteiger partial charge < -0.3 is 29.3 Å². The molecule has 2 aromatic carbocycles. The van der Waals surface area contributed by atoms with E-state index in [1.807, 2.05) is 38.1 Å². The summed E-state index contributed by atoms with van der Waals surface area (Å²) in [5.41, 5.74) is 2.53. The molecule has 2 heterocycles. The largest absolute Gasteiger partial charge is 0.492 e. The number of nitrogens with one attached hydrogen (secondary N) is 1. The zero-order valence-corrected chi connectivity index (χ0v) is 19.3.